The van der Waals surface area contributed by atoms with E-state index in [1.54, 1.807) is 7.05 Å². The Kier molecular flexibility index (Phi) is 5.26. The molecule has 0 aromatic heterocycles. The molecule has 2 heterocycles. The number of ether oxygens (including phenoxy) is 2. The summed E-state index contributed by atoms with van der Waals surface area (Å²) in [4.78, 5) is 6.14. The van der Waals surface area contributed by atoms with Crippen molar-refractivity contribution >= 4 is 5.96 Å². The molecule has 0 aromatic rings. The third-order valence-corrected chi connectivity index (χ3v) is 3.79. The van der Waals surface area contributed by atoms with E-state index in [0.717, 1.165) is 45.6 Å². The number of hydrogen-bond acceptors (Lipinski definition) is 3. The molecule has 2 N–H and O–H groups in total. The zero-order chi connectivity index (χ0) is 12.8. The van der Waals surface area contributed by atoms with E-state index in [2.05, 4.69) is 9.89 Å². The van der Waals surface area contributed by atoms with Crippen molar-refractivity contribution in [2.24, 2.45) is 10.7 Å². The molecule has 0 aromatic carbocycles. The maximum Gasteiger partial charge on any atom is 0.190 e. The lowest BCUT2D eigenvalue weighted by Gasteiger charge is -2.33. The number of hydrogen-bond donors (Lipinski definition) is 1. The second kappa shape index (κ2) is 6.95. The van der Waals surface area contributed by atoms with Gasteiger partial charge in [-0.25, -0.2) is 0 Å². The van der Waals surface area contributed by atoms with Crippen LogP contribution in [0.5, 0.6) is 0 Å². The molecular weight excluding hydrogens is 230 g/mol. The van der Waals surface area contributed by atoms with E-state index in [4.69, 9.17) is 15.2 Å². The molecule has 0 bridgehead atoms. The Morgan fingerprint density at radius 2 is 2.11 bits per heavy atom. The van der Waals surface area contributed by atoms with E-state index >= 15 is 0 Å². The molecule has 0 saturated carbocycles. The fourth-order valence-corrected chi connectivity index (χ4v) is 2.58. The van der Waals surface area contributed by atoms with Crippen LogP contribution in [0.25, 0.3) is 0 Å². The Morgan fingerprint density at radius 3 is 2.72 bits per heavy atom. The van der Waals surface area contributed by atoms with Gasteiger partial charge < -0.3 is 20.1 Å². The zero-order valence-corrected chi connectivity index (χ0v) is 11.3. The standard InChI is InChI=1S/C13H25N3O2/c1-15-13(14)16-7-5-11(6-8-16)18-10-12-4-2-3-9-17-12/h11-12H,2-10H2,1H3,(H2,14,15). The highest BCUT2D eigenvalue weighted by Crippen LogP contribution is 2.17. The van der Waals surface area contributed by atoms with Crippen molar-refractivity contribution in [3.05, 3.63) is 0 Å². The van der Waals surface area contributed by atoms with Crippen molar-refractivity contribution in [3.63, 3.8) is 0 Å². The van der Waals surface area contributed by atoms with Gasteiger partial charge in [-0.1, -0.05) is 0 Å². The molecule has 0 radical (unpaired) electrons. The quantitative estimate of drug-likeness (QED) is 0.603. The van der Waals surface area contributed by atoms with Crippen LogP contribution in [0.3, 0.4) is 0 Å². The van der Waals surface area contributed by atoms with Gasteiger partial charge in [-0.3, -0.25) is 4.99 Å². The van der Waals surface area contributed by atoms with Gasteiger partial charge >= 0.3 is 0 Å². The maximum absolute atomic E-state index is 5.95. The molecule has 2 aliphatic heterocycles. The van der Waals surface area contributed by atoms with E-state index in [0.29, 0.717) is 18.2 Å². The minimum Gasteiger partial charge on any atom is -0.376 e. The lowest BCUT2D eigenvalue weighted by molar-refractivity contribution is -0.0720. The Hall–Kier alpha value is -0.810. The molecule has 1 atom stereocenters. The first-order valence-corrected chi connectivity index (χ1v) is 7.00. The van der Waals surface area contributed by atoms with E-state index in [1.165, 1.54) is 12.8 Å². The largest absolute Gasteiger partial charge is 0.376 e. The minimum atomic E-state index is 0.319. The molecule has 104 valence electrons. The highest BCUT2D eigenvalue weighted by molar-refractivity contribution is 5.77. The predicted molar refractivity (Wildman–Crippen MR) is 71.7 cm³/mol. The second-order valence-electron chi connectivity index (χ2n) is 5.09. The molecule has 1 unspecified atom stereocenters. The highest BCUT2D eigenvalue weighted by Gasteiger charge is 2.22. The van der Waals surface area contributed by atoms with Crippen LogP contribution in [0.1, 0.15) is 32.1 Å². The summed E-state index contributed by atoms with van der Waals surface area (Å²) in [7, 11) is 1.73. The number of piperidine rings is 1. The third kappa shape index (κ3) is 3.85. The number of rotatable bonds is 3. The van der Waals surface area contributed by atoms with Gasteiger partial charge in [-0.2, -0.15) is 0 Å². The lowest BCUT2D eigenvalue weighted by Crippen LogP contribution is -2.45. The van der Waals surface area contributed by atoms with Gasteiger partial charge in [0.1, 0.15) is 0 Å². The Labute approximate surface area is 109 Å². The molecule has 2 saturated heterocycles. The number of aliphatic imine (C=N–C) groups is 1. The van der Waals surface area contributed by atoms with Crippen LogP contribution in [-0.2, 0) is 9.47 Å². The van der Waals surface area contributed by atoms with Crippen LogP contribution in [0.15, 0.2) is 4.99 Å². The number of nitrogens with two attached hydrogens (primary N) is 1. The number of nitrogens with zero attached hydrogens (tertiary/aromatic N) is 2. The van der Waals surface area contributed by atoms with Crippen LogP contribution in [0.2, 0.25) is 0 Å². The fourth-order valence-electron chi connectivity index (χ4n) is 2.58. The first-order chi connectivity index (χ1) is 8.79. The van der Waals surface area contributed by atoms with Gasteiger partial charge in [-0.05, 0) is 32.1 Å². The summed E-state index contributed by atoms with van der Waals surface area (Å²) in [5, 5.41) is 0. The van der Waals surface area contributed by atoms with Crippen molar-refractivity contribution in [2.75, 3.05) is 33.4 Å². The van der Waals surface area contributed by atoms with Crippen LogP contribution < -0.4 is 5.73 Å². The zero-order valence-electron chi connectivity index (χ0n) is 11.3. The van der Waals surface area contributed by atoms with E-state index < -0.39 is 0 Å². The first kappa shape index (κ1) is 13.6. The normalized spacial score (nSPS) is 27.5. The smallest absolute Gasteiger partial charge is 0.190 e. The third-order valence-electron chi connectivity index (χ3n) is 3.79. The molecule has 2 aliphatic rings. The summed E-state index contributed by atoms with van der Waals surface area (Å²) in [6, 6.07) is 0. The minimum absolute atomic E-state index is 0.319. The summed E-state index contributed by atoms with van der Waals surface area (Å²) in [5.41, 5.74) is 5.80. The Morgan fingerprint density at radius 1 is 1.33 bits per heavy atom. The summed E-state index contributed by atoms with van der Waals surface area (Å²) < 4.78 is 11.6. The van der Waals surface area contributed by atoms with Gasteiger partial charge in [0.05, 0.1) is 18.8 Å². The summed E-state index contributed by atoms with van der Waals surface area (Å²) in [5.74, 6) is 0.643. The van der Waals surface area contributed by atoms with Crippen molar-refractivity contribution in [3.8, 4) is 0 Å². The monoisotopic (exact) mass is 255 g/mol. The van der Waals surface area contributed by atoms with Crippen LogP contribution in [0, 0.1) is 0 Å². The molecule has 0 spiro atoms. The second-order valence-corrected chi connectivity index (χ2v) is 5.09. The first-order valence-electron chi connectivity index (χ1n) is 7.00. The van der Waals surface area contributed by atoms with Crippen LogP contribution in [-0.4, -0.2) is 56.4 Å². The molecule has 2 rings (SSSR count). The summed E-state index contributed by atoms with van der Waals surface area (Å²) in [6.07, 6.45) is 6.36. The fraction of sp³-hybridized carbons (Fsp3) is 0.923. The van der Waals surface area contributed by atoms with E-state index in [-0.39, 0.29) is 0 Å². The predicted octanol–water partition coefficient (Wildman–Crippen LogP) is 0.981. The molecule has 0 amide bonds. The SMILES string of the molecule is CN=C(N)N1CCC(OCC2CCCCO2)CC1. The topological polar surface area (TPSA) is 60.1 Å². The molecule has 5 nitrogen and oxygen atoms in total. The van der Waals surface area contributed by atoms with Gasteiger partial charge in [0.15, 0.2) is 5.96 Å². The summed E-state index contributed by atoms with van der Waals surface area (Å²) >= 11 is 0. The molecule has 0 aliphatic carbocycles. The molecular formula is C13H25N3O2. The Balaban J connectivity index is 1.64. The van der Waals surface area contributed by atoms with Gasteiger partial charge in [0, 0.05) is 26.7 Å². The van der Waals surface area contributed by atoms with E-state index in [9.17, 15) is 0 Å². The van der Waals surface area contributed by atoms with Crippen molar-refractivity contribution < 1.29 is 9.47 Å². The molecule has 18 heavy (non-hydrogen) atoms. The van der Waals surface area contributed by atoms with Gasteiger partial charge in [0.25, 0.3) is 0 Å². The van der Waals surface area contributed by atoms with Crippen molar-refractivity contribution in [1.82, 2.24) is 4.90 Å². The van der Waals surface area contributed by atoms with Crippen molar-refractivity contribution in [2.45, 2.75) is 44.3 Å². The maximum atomic E-state index is 5.95. The Bertz CT molecular complexity index is 269. The van der Waals surface area contributed by atoms with Gasteiger partial charge in [-0.15, -0.1) is 0 Å². The highest BCUT2D eigenvalue weighted by atomic mass is 16.5. The average molecular weight is 255 g/mol. The van der Waals surface area contributed by atoms with Gasteiger partial charge in [0.2, 0.25) is 0 Å². The average Bonchev–Trinajstić information content (AvgIpc) is 2.46. The van der Waals surface area contributed by atoms with E-state index in [1.807, 2.05) is 0 Å². The number of guanidine groups is 1. The van der Waals surface area contributed by atoms with Crippen LogP contribution >= 0.6 is 0 Å². The lowest BCUT2D eigenvalue weighted by atomic mass is 10.1. The molecule has 2 fully saturated rings. The summed E-state index contributed by atoms with van der Waals surface area (Å²) in [6.45, 7) is 3.54. The molecule has 5 heteroatoms. The van der Waals surface area contributed by atoms with Crippen LogP contribution in [0.4, 0.5) is 0 Å². The van der Waals surface area contributed by atoms with Crippen molar-refractivity contribution in [1.29, 1.82) is 0 Å². The number of likely N-dealkylation sites (tertiary alicyclic amines) is 1.